The molecule has 8 nitrogen and oxygen atoms in total. The summed E-state index contributed by atoms with van der Waals surface area (Å²) in [5.41, 5.74) is -0.726. The molecule has 0 spiro atoms. The van der Waals surface area contributed by atoms with Gasteiger partial charge >= 0.3 is 5.97 Å². The van der Waals surface area contributed by atoms with Crippen LogP contribution in [0.2, 0.25) is 10.0 Å². The average molecular weight is 467 g/mol. The number of methoxy groups -OCH3 is 1. The Hall–Kier alpha value is -1.29. The van der Waals surface area contributed by atoms with Crippen LogP contribution in [0.25, 0.3) is 0 Å². The number of aromatic hydroxyl groups is 2. The molecule has 2 rings (SSSR count). The van der Waals surface area contributed by atoms with E-state index in [0.29, 0.717) is 0 Å². The molecular weight excluding hydrogens is 439 g/mol. The van der Waals surface area contributed by atoms with E-state index < -0.39 is 58.8 Å². The van der Waals surface area contributed by atoms with E-state index in [2.05, 4.69) is 0 Å². The van der Waals surface area contributed by atoms with Gasteiger partial charge in [0.1, 0.15) is 22.8 Å². The van der Waals surface area contributed by atoms with Crippen molar-refractivity contribution < 1.29 is 39.1 Å². The van der Waals surface area contributed by atoms with Crippen LogP contribution in [0.3, 0.4) is 0 Å². The summed E-state index contributed by atoms with van der Waals surface area (Å²) < 4.78 is 22.5. The first-order valence-electron chi connectivity index (χ1n) is 9.50. The Bertz CT molecular complexity index is 792. The Morgan fingerprint density at radius 3 is 2.23 bits per heavy atom. The summed E-state index contributed by atoms with van der Waals surface area (Å²) in [6.07, 6.45) is -4.79. The lowest BCUT2D eigenvalue weighted by molar-refractivity contribution is -0.317. The number of phenolic OH excluding ortho intramolecular Hbond substituents is 2. The van der Waals surface area contributed by atoms with Crippen molar-refractivity contribution in [2.24, 2.45) is 0 Å². The molecule has 170 valence electrons. The van der Waals surface area contributed by atoms with Crippen LogP contribution in [0.5, 0.6) is 11.5 Å². The zero-order chi connectivity index (χ0) is 23.0. The van der Waals surface area contributed by atoms with Gasteiger partial charge in [0.25, 0.3) is 0 Å². The highest BCUT2D eigenvalue weighted by Crippen LogP contribution is 2.45. The van der Waals surface area contributed by atoms with Gasteiger partial charge in [0, 0.05) is 7.11 Å². The van der Waals surface area contributed by atoms with E-state index in [4.69, 9.17) is 42.1 Å². The molecule has 0 amide bonds. The Morgan fingerprint density at radius 2 is 1.73 bits per heavy atom. The van der Waals surface area contributed by atoms with Crippen LogP contribution in [-0.4, -0.2) is 64.7 Å². The van der Waals surface area contributed by atoms with Crippen LogP contribution in [0.1, 0.15) is 50.5 Å². The monoisotopic (exact) mass is 466 g/mol. The molecule has 0 bridgehead atoms. The molecular formula is C20H28Cl2O8. The summed E-state index contributed by atoms with van der Waals surface area (Å²) in [6, 6.07) is 0. The number of hydrogen-bond acceptors (Lipinski definition) is 8. The highest BCUT2D eigenvalue weighted by molar-refractivity contribution is 6.39. The molecule has 30 heavy (non-hydrogen) atoms. The maximum absolute atomic E-state index is 13.0. The molecule has 0 aliphatic carbocycles. The number of carbonyl (C=O) groups excluding carboxylic acids is 1. The van der Waals surface area contributed by atoms with Crippen LogP contribution >= 0.6 is 23.2 Å². The van der Waals surface area contributed by atoms with Gasteiger partial charge in [-0.25, -0.2) is 4.79 Å². The van der Waals surface area contributed by atoms with Gasteiger partial charge in [-0.3, -0.25) is 0 Å². The standard InChI is InChI=1S/C20H28Cl2O8/c1-7-9-10(14(24)12(22)15(25)11(9)21)18(26)29-16-13(23)8(2)28-19(17(16)27-6)30-20(3,4)5/h8,13,16-17,19,23-25H,7H2,1-6H3/t8-,13-,16?,17+,19+/m0/s1. The number of carbonyl (C=O) groups is 1. The Kier molecular flexibility index (Phi) is 7.88. The largest absolute Gasteiger partial charge is 0.505 e. The fraction of sp³-hybridized carbons (Fsp3) is 0.650. The van der Waals surface area contributed by atoms with E-state index in [1.54, 1.807) is 13.8 Å². The summed E-state index contributed by atoms with van der Waals surface area (Å²) in [6.45, 7) is 8.77. The number of phenols is 2. The van der Waals surface area contributed by atoms with Crippen molar-refractivity contribution in [1.29, 1.82) is 0 Å². The second-order valence-corrected chi connectivity index (χ2v) is 8.79. The molecule has 1 fully saturated rings. The van der Waals surface area contributed by atoms with E-state index in [0.717, 1.165) is 0 Å². The molecule has 1 heterocycles. The second-order valence-electron chi connectivity index (χ2n) is 8.03. The van der Waals surface area contributed by atoms with Gasteiger partial charge in [-0.05, 0) is 39.7 Å². The molecule has 1 unspecified atom stereocenters. The topological polar surface area (TPSA) is 115 Å². The minimum atomic E-state index is -1.23. The summed E-state index contributed by atoms with van der Waals surface area (Å²) in [7, 11) is 1.37. The van der Waals surface area contributed by atoms with Crippen LogP contribution in [0, 0.1) is 0 Å². The fourth-order valence-corrected chi connectivity index (χ4v) is 3.82. The molecule has 10 heteroatoms. The van der Waals surface area contributed by atoms with Gasteiger partial charge in [-0.2, -0.15) is 0 Å². The third-order valence-electron chi connectivity index (χ3n) is 4.73. The number of hydrogen-bond donors (Lipinski definition) is 3. The maximum atomic E-state index is 13.0. The first-order valence-corrected chi connectivity index (χ1v) is 10.3. The summed E-state index contributed by atoms with van der Waals surface area (Å²) >= 11 is 12.0. The third kappa shape index (κ3) is 4.95. The minimum Gasteiger partial charge on any atom is -0.505 e. The van der Waals surface area contributed by atoms with Crippen molar-refractivity contribution in [1.82, 2.24) is 0 Å². The van der Waals surface area contributed by atoms with E-state index in [-0.39, 0.29) is 22.6 Å². The number of benzene rings is 1. The van der Waals surface area contributed by atoms with Gasteiger partial charge in [0.15, 0.2) is 23.9 Å². The lowest BCUT2D eigenvalue weighted by Gasteiger charge is -2.44. The van der Waals surface area contributed by atoms with Crippen molar-refractivity contribution in [2.75, 3.05) is 7.11 Å². The fourth-order valence-electron chi connectivity index (χ4n) is 3.26. The lowest BCUT2D eigenvalue weighted by Crippen LogP contribution is -2.60. The van der Waals surface area contributed by atoms with Crippen molar-refractivity contribution in [3.8, 4) is 11.5 Å². The zero-order valence-electron chi connectivity index (χ0n) is 17.7. The van der Waals surface area contributed by atoms with Gasteiger partial charge in [0.2, 0.25) is 0 Å². The predicted molar refractivity (Wildman–Crippen MR) is 110 cm³/mol. The smallest absolute Gasteiger partial charge is 0.342 e. The van der Waals surface area contributed by atoms with Gasteiger partial charge < -0.3 is 34.3 Å². The number of esters is 1. The normalized spacial score (nSPS) is 27.2. The van der Waals surface area contributed by atoms with E-state index >= 15 is 0 Å². The molecule has 1 aromatic carbocycles. The van der Waals surface area contributed by atoms with Gasteiger partial charge in [-0.15, -0.1) is 0 Å². The minimum absolute atomic E-state index is 0.159. The SMILES string of the molecule is CCc1c(Cl)c(O)c(Cl)c(O)c1C(=O)OC1[C@@H](O)[C@H](C)O[C@H](OC(C)(C)C)[C@@H]1OC. The molecule has 1 aliphatic rings. The summed E-state index contributed by atoms with van der Waals surface area (Å²) in [5.74, 6) is -2.17. The van der Waals surface area contributed by atoms with E-state index in [1.165, 1.54) is 7.11 Å². The number of halogens is 2. The van der Waals surface area contributed by atoms with Gasteiger partial charge in [-0.1, -0.05) is 30.1 Å². The number of rotatable bonds is 5. The molecule has 0 aromatic heterocycles. The zero-order valence-corrected chi connectivity index (χ0v) is 19.2. The molecule has 5 atom stereocenters. The molecule has 1 aromatic rings. The Labute approximate surface area is 185 Å². The first kappa shape index (κ1) is 25.0. The second kappa shape index (κ2) is 9.46. The number of aliphatic hydroxyl groups excluding tert-OH is 1. The van der Waals surface area contributed by atoms with Crippen molar-refractivity contribution >= 4 is 29.2 Å². The Morgan fingerprint density at radius 1 is 1.13 bits per heavy atom. The van der Waals surface area contributed by atoms with Crippen LogP contribution in [0.4, 0.5) is 0 Å². The lowest BCUT2D eigenvalue weighted by atomic mass is 9.98. The summed E-state index contributed by atoms with van der Waals surface area (Å²) in [5, 5.41) is 30.3. The number of ether oxygens (including phenoxy) is 4. The molecule has 1 aliphatic heterocycles. The molecule has 1 saturated heterocycles. The average Bonchev–Trinajstić information content (AvgIpc) is 2.65. The molecule has 0 radical (unpaired) electrons. The molecule has 0 saturated carbocycles. The van der Waals surface area contributed by atoms with Crippen molar-refractivity contribution in [3.63, 3.8) is 0 Å². The summed E-state index contributed by atoms with van der Waals surface area (Å²) in [4.78, 5) is 13.0. The molecule has 3 N–H and O–H groups in total. The Balaban J connectivity index is 2.43. The van der Waals surface area contributed by atoms with Crippen LogP contribution < -0.4 is 0 Å². The third-order valence-corrected chi connectivity index (χ3v) is 5.49. The van der Waals surface area contributed by atoms with E-state index in [9.17, 15) is 20.1 Å². The maximum Gasteiger partial charge on any atom is 0.342 e. The van der Waals surface area contributed by atoms with Crippen LogP contribution in [0.15, 0.2) is 0 Å². The number of aliphatic hydroxyl groups is 1. The van der Waals surface area contributed by atoms with Crippen LogP contribution in [-0.2, 0) is 25.4 Å². The predicted octanol–water partition coefficient (Wildman–Crippen LogP) is 3.43. The first-order chi connectivity index (χ1) is 13.8. The van der Waals surface area contributed by atoms with Crippen molar-refractivity contribution in [3.05, 3.63) is 21.2 Å². The highest BCUT2D eigenvalue weighted by Gasteiger charge is 2.48. The highest BCUT2D eigenvalue weighted by atomic mass is 35.5. The van der Waals surface area contributed by atoms with Gasteiger partial charge in [0.05, 0.1) is 16.7 Å². The van der Waals surface area contributed by atoms with Crippen molar-refractivity contribution in [2.45, 2.75) is 77.3 Å². The quantitative estimate of drug-likeness (QED) is 0.565. The van der Waals surface area contributed by atoms with E-state index in [1.807, 2.05) is 20.8 Å².